The van der Waals surface area contributed by atoms with E-state index in [2.05, 4.69) is 11.4 Å². The van der Waals surface area contributed by atoms with Crippen molar-refractivity contribution in [2.45, 2.75) is 41.5 Å². The van der Waals surface area contributed by atoms with Crippen molar-refractivity contribution in [3.05, 3.63) is 86.3 Å². The second-order valence-electron chi connectivity index (χ2n) is 7.50. The summed E-state index contributed by atoms with van der Waals surface area (Å²) in [4.78, 5) is 25.7. The number of aryl methyl sites for hydroxylation is 5. The summed E-state index contributed by atoms with van der Waals surface area (Å²) in [5.74, 6) is -0.254. The van der Waals surface area contributed by atoms with Gasteiger partial charge in [0.05, 0.1) is 11.4 Å². The SMILES string of the molecule is CC(=O)c1c(Nc2ccc(C)cc2C)cc(C)n(-c2ccc(C)cc2C)c1=O. The van der Waals surface area contributed by atoms with Crippen LogP contribution >= 0.6 is 0 Å². The van der Waals surface area contributed by atoms with E-state index in [1.807, 2.05) is 71.0 Å². The molecule has 4 nitrogen and oxygen atoms in total. The number of Topliss-reactive ketones (excluding diaryl/α,β-unsaturated/α-hetero) is 1. The predicted octanol–water partition coefficient (Wildman–Crippen LogP) is 5.33. The van der Waals surface area contributed by atoms with Crippen molar-refractivity contribution in [3.63, 3.8) is 0 Å². The second kappa shape index (κ2) is 7.47. The van der Waals surface area contributed by atoms with Gasteiger partial charge in [-0.15, -0.1) is 0 Å². The Kier molecular flexibility index (Phi) is 5.23. The van der Waals surface area contributed by atoms with Crippen LogP contribution in [0.15, 0.2) is 47.3 Å². The van der Waals surface area contributed by atoms with Gasteiger partial charge in [-0.3, -0.25) is 14.2 Å². The van der Waals surface area contributed by atoms with Gasteiger partial charge in [0, 0.05) is 11.4 Å². The van der Waals surface area contributed by atoms with Gasteiger partial charge in [-0.2, -0.15) is 0 Å². The Balaban J connectivity index is 2.21. The van der Waals surface area contributed by atoms with Crippen LogP contribution in [-0.2, 0) is 0 Å². The molecule has 0 aliphatic carbocycles. The number of rotatable bonds is 4. The van der Waals surface area contributed by atoms with Crippen molar-refractivity contribution >= 4 is 17.2 Å². The van der Waals surface area contributed by atoms with Crippen molar-refractivity contribution in [1.82, 2.24) is 4.57 Å². The first-order valence-electron chi connectivity index (χ1n) is 9.38. The van der Waals surface area contributed by atoms with E-state index in [9.17, 15) is 9.59 Å². The molecule has 0 bridgehead atoms. The zero-order valence-electron chi connectivity index (χ0n) is 17.3. The van der Waals surface area contributed by atoms with Crippen LogP contribution in [0.5, 0.6) is 0 Å². The molecule has 3 aromatic rings. The van der Waals surface area contributed by atoms with Gasteiger partial charge in [0.15, 0.2) is 5.78 Å². The molecule has 0 fully saturated rings. The lowest BCUT2D eigenvalue weighted by Crippen LogP contribution is -2.28. The molecule has 4 heteroatoms. The summed E-state index contributed by atoms with van der Waals surface area (Å²) < 4.78 is 1.62. The van der Waals surface area contributed by atoms with Crippen molar-refractivity contribution in [2.24, 2.45) is 0 Å². The van der Waals surface area contributed by atoms with Crippen LogP contribution in [0.2, 0.25) is 0 Å². The highest BCUT2D eigenvalue weighted by Crippen LogP contribution is 2.26. The third-order valence-corrected chi connectivity index (χ3v) is 4.99. The maximum atomic E-state index is 13.3. The molecule has 0 atom stereocenters. The Bertz CT molecular complexity index is 1140. The van der Waals surface area contributed by atoms with Crippen molar-refractivity contribution < 1.29 is 4.79 Å². The van der Waals surface area contributed by atoms with E-state index in [1.165, 1.54) is 6.92 Å². The number of pyridine rings is 1. The Morgan fingerprint density at radius 1 is 0.821 bits per heavy atom. The number of aromatic nitrogens is 1. The first-order valence-corrected chi connectivity index (χ1v) is 9.38. The lowest BCUT2D eigenvalue weighted by Gasteiger charge is -2.19. The average molecular weight is 374 g/mol. The number of hydrogen-bond donors (Lipinski definition) is 1. The second-order valence-corrected chi connectivity index (χ2v) is 7.50. The Morgan fingerprint density at radius 2 is 1.43 bits per heavy atom. The van der Waals surface area contributed by atoms with Gasteiger partial charge in [0.2, 0.25) is 0 Å². The van der Waals surface area contributed by atoms with E-state index >= 15 is 0 Å². The molecule has 0 aliphatic rings. The molecule has 144 valence electrons. The van der Waals surface area contributed by atoms with Crippen LogP contribution in [0.3, 0.4) is 0 Å². The fourth-order valence-corrected chi connectivity index (χ4v) is 3.63. The topological polar surface area (TPSA) is 51.1 Å². The summed E-state index contributed by atoms with van der Waals surface area (Å²) in [5, 5.41) is 3.30. The van der Waals surface area contributed by atoms with Gasteiger partial charge in [0.1, 0.15) is 5.56 Å². The van der Waals surface area contributed by atoms with Crippen molar-refractivity contribution in [2.75, 3.05) is 5.32 Å². The van der Waals surface area contributed by atoms with E-state index in [4.69, 9.17) is 0 Å². The van der Waals surface area contributed by atoms with Crippen LogP contribution in [-0.4, -0.2) is 10.4 Å². The summed E-state index contributed by atoms with van der Waals surface area (Å²) in [7, 11) is 0. The number of nitrogens with zero attached hydrogens (tertiary/aromatic N) is 1. The third-order valence-electron chi connectivity index (χ3n) is 4.99. The molecule has 1 heterocycles. The highest BCUT2D eigenvalue weighted by Gasteiger charge is 2.19. The number of carbonyl (C=O) groups is 1. The third kappa shape index (κ3) is 3.63. The molecule has 28 heavy (non-hydrogen) atoms. The molecule has 0 spiro atoms. The highest BCUT2D eigenvalue weighted by atomic mass is 16.1. The number of ketones is 1. The van der Waals surface area contributed by atoms with E-state index in [0.29, 0.717) is 5.69 Å². The summed E-state index contributed by atoms with van der Waals surface area (Å²) in [6, 6.07) is 13.9. The Labute approximate surface area is 165 Å². The monoisotopic (exact) mass is 374 g/mol. The largest absolute Gasteiger partial charge is 0.354 e. The molecule has 3 rings (SSSR count). The van der Waals surface area contributed by atoms with Crippen LogP contribution in [0, 0.1) is 34.6 Å². The van der Waals surface area contributed by atoms with Gasteiger partial charge in [-0.25, -0.2) is 0 Å². The first kappa shape index (κ1) is 19.6. The number of benzene rings is 2. The molecule has 0 aliphatic heterocycles. The molecule has 0 unspecified atom stereocenters. The van der Waals surface area contributed by atoms with Crippen LogP contribution in [0.25, 0.3) is 5.69 Å². The van der Waals surface area contributed by atoms with Gasteiger partial charge in [-0.1, -0.05) is 35.4 Å². The van der Waals surface area contributed by atoms with Crippen LogP contribution in [0.4, 0.5) is 11.4 Å². The molecule has 0 saturated carbocycles. The highest BCUT2D eigenvalue weighted by molar-refractivity contribution is 6.00. The molecular weight excluding hydrogens is 348 g/mol. The molecule has 0 saturated heterocycles. The van der Waals surface area contributed by atoms with Crippen LogP contribution in [0.1, 0.15) is 45.2 Å². The Morgan fingerprint density at radius 3 is 2.00 bits per heavy atom. The summed E-state index contributed by atoms with van der Waals surface area (Å²) in [6.07, 6.45) is 0. The molecule has 0 radical (unpaired) electrons. The quantitative estimate of drug-likeness (QED) is 0.628. The Hall–Kier alpha value is -3.14. The zero-order valence-corrected chi connectivity index (χ0v) is 17.3. The van der Waals surface area contributed by atoms with Crippen molar-refractivity contribution in [3.8, 4) is 5.69 Å². The molecule has 2 aromatic carbocycles. The zero-order chi connectivity index (χ0) is 20.6. The fraction of sp³-hybridized carbons (Fsp3) is 0.250. The number of carbonyl (C=O) groups excluding carboxylic acids is 1. The van der Waals surface area contributed by atoms with Gasteiger partial charge < -0.3 is 5.32 Å². The van der Waals surface area contributed by atoms with E-state index in [1.54, 1.807) is 4.57 Å². The predicted molar refractivity (Wildman–Crippen MR) is 115 cm³/mol. The molecule has 1 N–H and O–H groups in total. The number of nitrogens with one attached hydrogen (secondary N) is 1. The minimum atomic E-state index is -0.299. The van der Waals surface area contributed by atoms with Gasteiger partial charge >= 0.3 is 0 Å². The molecule has 0 amide bonds. The van der Waals surface area contributed by atoms with E-state index < -0.39 is 0 Å². The van der Waals surface area contributed by atoms with Gasteiger partial charge in [0.25, 0.3) is 5.56 Å². The summed E-state index contributed by atoms with van der Waals surface area (Å²) in [5.41, 5.74) is 7.22. The van der Waals surface area contributed by atoms with Gasteiger partial charge in [-0.05, 0) is 70.9 Å². The smallest absolute Gasteiger partial charge is 0.268 e. The number of anilines is 2. The fourth-order valence-electron chi connectivity index (χ4n) is 3.63. The maximum Gasteiger partial charge on any atom is 0.268 e. The van der Waals surface area contributed by atoms with E-state index in [0.717, 1.165) is 39.3 Å². The summed E-state index contributed by atoms with van der Waals surface area (Å²) >= 11 is 0. The van der Waals surface area contributed by atoms with E-state index in [-0.39, 0.29) is 16.9 Å². The minimum absolute atomic E-state index is 0.172. The standard InChI is InChI=1S/C24H26N2O2/c1-14-7-9-20(16(3)11-14)25-21-13-18(5)26(24(28)23(21)19(6)27)22-10-8-15(2)12-17(22)4/h7-13,25H,1-6H3. The maximum absolute atomic E-state index is 13.3. The lowest BCUT2D eigenvalue weighted by atomic mass is 10.1. The summed E-state index contributed by atoms with van der Waals surface area (Å²) in [6.45, 7) is 11.4. The molecular formula is C24H26N2O2. The first-order chi connectivity index (χ1) is 13.2. The minimum Gasteiger partial charge on any atom is -0.354 e. The number of hydrogen-bond acceptors (Lipinski definition) is 3. The molecule has 1 aromatic heterocycles. The van der Waals surface area contributed by atoms with Crippen LogP contribution < -0.4 is 10.9 Å². The average Bonchev–Trinajstić information content (AvgIpc) is 2.58. The van der Waals surface area contributed by atoms with Crippen molar-refractivity contribution in [1.29, 1.82) is 0 Å². The lowest BCUT2D eigenvalue weighted by molar-refractivity contribution is 0.101. The normalized spacial score (nSPS) is 10.8.